The van der Waals surface area contributed by atoms with Crippen LogP contribution in [0.1, 0.15) is 5.56 Å². The van der Waals surface area contributed by atoms with Crippen LogP contribution in [0.5, 0.6) is 0 Å². The van der Waals surface area contributed by atoms with Gasteiger partial charge in [-0.25, -0.2) is 0 Å². The lowest BCUT2D eigenvalue weighted by atomic mass is 10.2. The smallest absolute Gasteiger partial charge is 0.283 e. The zero-order valence-corrected chi connectivity index (χ0v) is 16.3. The highest BCUT2D eigenvalue weighted by molar-refractivity contribution is 8.13. The molecule has 6 heteroatoms. The van der Waals surface area contributed by atoms with Gasteiger partial charge in [-0.3, -0.25) is 14.6 Å². The number of nitrogens with one attached hydrogen (secondary N) is 1. The molecule has 2 aromatic rings. The van der Waals surface area contributed by atoms with E-state index in [9.17, 15) is 4.79 Å². The van der Waals surface area contributed by atoms with Crippen molar-refractivity contribution in [3.8, 4) is 0 Å². The number of thioether (sulfide) groups is 1. The molecule has 1 N–H and O–H groups in total. The van der Waals surface area contributed by atoms with Crippen molar-refractivity contribution in [3.63, 3.8) is 0 Å². The van der Waals surface area contributed by atoms with Gasteiger partial charge >= 0.3 is 0 Å². The lowest BCUT2D eigenvalue weighted by Gasteiger charge is -2.34. The summed E-state index contributed by atoms with van der Waals surface area (Å²) in [6, 6.07) is 17.7. The van der Waals surface area contributed by atoms with Crippen molar-refractivity contribution in [1.82, 2.24) is 9.80 Å². The Morgan fingerprint density at radius 1 is 0.962 bits per heavy atom. The number of carbonyl (C=O) groups is 1. The Hall–Kier alpha value is -1.53. The van der Waals surface area contributed by atoms with E-state index in [1.807, 2.05) is 42.5 Å². The zero-order chi connectivity index (χ0) is 18.2. The molecule has 0 spiro atoms. The normalized spacial score (nSPS) is 15.7. The monoisotopic (exact) mass is 389 g/mol. The van der Waals surface area contributed by atoms with Gasteiger partial charge in [-0.15, -0.1) is 0 Å². The minimum Gasteiger partial charge on any atom is -0.317 e. The molecule has 0 radical (unpaired) electrons. The minimum absolute atomic E-state index is 0.0116. The quantitative estimate of drug-likeness (QED) is 0.793. The molecule has 4 nitrogen and oxygen atoms in total. The molecule has 0 atom stereocenters. The van der Waals surface area contributed by atoms with E-state index in [4.69, 9.17) is 11.6 Å². The maximum atomic E-state index is 11.9. The van der Waals surface area contributed by atoms with E-state index in [2.05, 4.69) is 27.2 Å². The van der Waals surface area contributed by atoms with Crippen molar-refractivity contribution < 1.29 is 4.79 Å². The molecule has 1 aliphatic heterocycles. The van der Waals surface area contributed by atoms with Gasteiger partial charge in [0.2, 0.25) is 0 Å². The summed E-state index contributed by atoms with van der Waals surface area (Å²) in [6.45, 7) is 6.14. The second kappa shape index (κ2) is 9.97. The molecule has 1 fully saturated rings. The highest BCUT2D eigenvalue weighted by atomic mass is 35.5. The Morgan fingerprint density at radius 3 is 2.31 bits per heavy atom. The van der Waals surface area contributed by atoms with Crippen LogP contribution in [0.4, 0.5) is 10.5 Å². The van der Waals surface area contributed by atoms with E-state index in [1.54, 1.807) is 0 Å². The predicted octanol–water partition coefficient (Wildman–Crippen LogP) is 4.42. The van der Waals surface area contributed by atoms with Crippen LogP contribution in [0, 0.1) is 0 Å². The van der Waals surface area contributed by atoms with E-state index in [0.29, 0.717) is 0 Å². The first kappa shape index (κ1) is 19.2. The fraction of sp³-hybridized carbons (Fsp3) is 0.350. The molecule has 0 aliphatic carbocycles. The van der Waals surface area contributed by atoms with Crippen LogP contribution in [0.3, 0.4) is 0 Å². The number of rotatable bonds is 6. The van der Waals surface area contributed by atoms with Crippen molar-refractivity contribution in [3.05, 3.63) is 65.2 Å². The second-order valence-corrected chi connectivity index (χ2v) is 7.88. The summed E-state index contributed by atoms with van der Waals surface area (Å²) < 4.78 is 0. The number of anilines is 1. The van der Waals surface area contributed by atoms with Crippen LogP contribution in [0.2, 0.25) is 5.02 Å². The van der Waals surface area contributed by atoms with E-state index in [-0.39, 0.29) is 5.24 Å². The number of hydrogen-bond acceptors (Lipinski definition) is 4. The molecule has 0 aromatic heterocycles. The Kier molecular flexibility index (Phi) is 7.38. The van der Waals surface area contributed by atoms with Gasteiger partial charge in [0.15, 0.2) is 0 Å². The van der Waals surface area contributed by atoms with E-state index in [0.717, 1.165) is 55.7 Å². The lowest BCUT2D eigenvalue weighted by Crippen LogP contribution is -2.46. The molecule has 0 unspecified atom stereocenters. The predicted molar refractivity (Wildman–Crippen MR) is 111 cm³/mol. The van der Waals surface area contributed by atoms with Crippen molar-refractivity contribution in [1.29, 1.82) is 0 Å². The first-order valence-corrected chi connectivity index (χ1v) is 10.2. The standard InChI is InChI=1S/C20H24ClN3OS/c21-18-8-6-17(7-9-18)16-24-12-10-23(11-13-24)14-15-26-20(25)22-19-4-2-1-3-5-19/h1-9H,10-16H2,(H,22,25). The topological polar surface area (TPSA) is 35.6 Å². The lowest BCUT2D eigenvalue weighted by molar-refractivity contribution is 0.133. The molecule has 3 rings (SSSR count). The number of halogens is 1. The number of para-hydroxylation sites is 1. The van der Waals surface area contributed by atoms with Crippen LogP contribution in [0.15, 0.2) is 54.6 Å². The number of amides is 1. The Bertz CT molecular complexity index is 688. The fourth-order valence-electron chi connectivity index (χ4n) is 2.96. The third kappa shape index (κ3) is 6.32. The Labute approximate surface area is 164 Å². The number of carbonyl (C=O) groups excluding carboxylic acids is 1. The van der Waals surface area contributed by atoms with Gasteiger partial charge in [-0.05, 0) is 29.8 Å². The summed E-state index contributed by atoms with van der Waals surface area (Å²) in [4.78, 5) is 16.8. The van der Waals surface area contributed by atoms with Crippen LogP contribution in [0.25, 0.3) is 0 Å². The minimum atomic E-state index is 0.0116. The van der Waals surface area contributed by atoms with Crippen molar-refractivity contribution >= 4 is 34.3 Å². The maximum Gasteiger partial charge on any atom is 0.283 e. The molecule has 1 amide bonds. The summed E-state index contributed by atoms with van der Waals surface area (Å²) in [5.41, 5.74) is 2.15. The average Bonchev–Trinajstić information content (AvgIpc) is 2.66. The van der Waals surface area contributed by atoms with Gasteiger partial charge in [0.25, 0.3) is 5.24 Å². The van der Waals surface area contributed by atoms with Crippen molar-refractivity contribution in [2.75, 3.05) is 43.8 Å². The summed E-state index contributed by atoms with van der Waals surface area (Å²) in [5, 5.41) is 3.70. The van der Waals surface area contributed by atoms with Crippen LogP contribution in [-0.4, -0.2) is 53.5 Å². The van der Waals surface area contributed by atoms with Gasteiger partial charge in [0, 0.05) is 55.7 Å². The molecule has 2 aromatic carbocycles. The number of benzene rings is 2. The highest BCUT2D eigenvalue weighted by Gasteiger charge is 2.17. The fourth-order valence-corrected chi connectivity index (χ4v) is 3.81. The maximum absolute atomic E-state index is 11.9. The summed E-state index contributed by atoms with van der Waals surface area (Å²) in [7, 11) is 0. The van der Waals surface area contributed by atoms with E-state index < -0.39 is 0 Å². The summed E-state index contributed by atoms with van der Waals surface area (Å²) in [5.74, 6) is 0.815. The SMILES string of the molecule is O=C(Nc1ccccc1)SCCN1CCN(Cc2ccc(Cl)cc2)CC1. The Balaban J connectivity index is 1.31. The van der Waals surface area contributed by atoms with Crippen LogP contribution in [-0.2, 0) is 6.54 Å². The third-order valence-corrected chi connectivity index (χ3v) is 5.45. The van der Waals surface area contributed by atoms with Crippen molar-refractivity contribution in [2.45, 2.75) is 6.54 Å². The summed E-state index contributed by atoms with van der Waals surface area (Å²) >= 11 is 7.29. The van der Waals surface area contributed by atoms with Gasteiger partial charge in [0.05, 0.1) is 0 Å². The molecule has 0 bridgehead atoms. The van der Waals surface area contributed by atoms with Gasteiger partial charge in [0.1, 0.15) is 0 Å². The molecule has 0 saturated carbocycles. The number of nitrogens with zero attached hydrogens (tertiary/aromatic N) is 2. The van der Waals surface area contributed by atoms with Crippen LogP contribution < -0.4 is 5.32 Å². The molecule has 26 heavy (non-hydrogen) atoms. The first-order chi connectivity index (χ1) is 12.7. The number of hydrogen-bond donors (Lipinski definition) is 1. The Morgan fingerprint density at radius 2 is 1.62 bits per heavy atom. The van der Waals surface area contributed by atoms with E-state index in [1.165, 1.54) is 17.3 Å². The van der Waals surface area contributed by atoms with Crippen LogP contribution >= 0.6 is 23.4 Å². The molecule has 138 valence electrons. The number of piperazine rings is 1. The van der Waals surface area contributed by atoms with E-state index >= 15 is 0 Å². The van der Waals surface area contributed by atoms with Gasteiger partial charge in [-0.2, -0.15) is 0 Å². The largest absolute Gasteiger partial charge is 0.317 e. The first-order valence-electron chi connectivity index (χ1n) is 8.87. The average molecular weight is 390 g/mol. The molecule has 1 saturated heterocycles. The van der Waals surface area contributed by atoms with Gasteiger partial charge in [-0.1, -0.05) is 53.7 Å². The molecule has 1 aliphatic rings. The third-order valence-electron chi connectivity index (χ3n) is 4.45. The van der Waals surface area contributed by atoms with Gasteiger partial charge < -0.3 is 5.32 Å². The second-order valence-electron chi connectivity index (χ2n) is 6.37. The molecular weight excluding hydrogens is 366 g/mol. The molecular formula is C20H24ClN3OS. The zero-order valence-electron chi connectivity index (χ0n) is 14.7. The summed E-state index contributed by atoms with van der Waals surface area (Å²) in [6.07, 6.45) is 0. The van der Waals surface area contributed by atoms with Crippen molar-refractivity contribution in [2.24, 2.45) is 0 Å². The highest BCUT2D eigenvalue weighted by Crippen LogP contribution is 2.14. The molecule has 1 heterocycles.